The topological polar surface area (TPSA) is 0 Å². The molecule has 0 N–H and O–H groups in total. The van der Waals surface area contributed by atoms with Crippen molar-refractivity contribution in [2.45, 2.75) is 39.5 Å². The van der Waals surface area contributed by atoms with Gasteiger partial charge in [0.15, 0.2) is 0 Å². The summed E-state index contributed by atoms with van der Waals surface area (Å²) in [6, 6.07) is 6.97. The molecule has 1 aromatic rings. The van der Waals surface area contributed by atoms with E-state index in [0.29, 0.717) is 0 Å². The summed E-state index contributed by atoms with van der Waals surface area (Å²) in [4.78, 5) is 0. The number of benzene rings is 1. The second kappa shape index (κ2) is 3.17. The van der Waals surface area contributed by atoms with Crippen LogP contribution in [0.25, 0.3) is 0 Å². The Hall–Kier alpha value is -0.780. The molecule has 0 saturated heterocycles. The molecule has 2 rings (SSSR count). The molecule has 13 heavy (non-hydrogen) atoms. The van der Waals surface area contributed by atoms with Crippen molar-refractivity contribution in [2.75, 3.05) is 0 Å². The van der Waals surface area contributed by atoms with E-state index < -0.39 is 0 Å². The summed E-state index contributed by atoms with van der Waals surface area (Å²) in [5, 5.41) is 0. The molecule has 0 unspecified atom stereocenters. The molecule has 70 valence electrons. The van der Waals surface area contributed by atoms with Gasteiger partial charge in [-0.2, -0.15) is 0 Å². The summed E-state index contributed by atoms with van der Waals surface area (Å²) in [6.07, 6.45) is 2.81. The Balaban J connectivity index is 2.29. The molecule has 0 nitrogen and oxygen atoms in total. The molecule has 2 atom stereocenters. The van der Waals surface area contributed by atoms with Crippen LogP contribution >= 0.6 is 0 Å². The van der Waals surface area contributed by atoms with Gasteiger partial charge in [0.2, 0.25) is 0 Å². The van der Waals surface area contributed by atoms with Crippen LogP contribution in [0.2, 0.25) is 0 Å². The molecular formula is C13H18. The van der Waals surface area contributed by atoms with E-state index in [9.17, 15) is 0 Å². The molecule has 0 heteroatoms. The molecular weight excluding hydrogens is 156 g/mol. The Bertz CT molecular complexity index is 292. The van der Waals surface area contributed by atoms with E-state index in [4.69, 9.17) is 0 Å². The first kappa shape index (κ1) is 8.80. The highest BCUT2D eigenvalue weighted by atomic mass is 14.3. The molecule has 0 heterocycles. The molecule has 1 fully saturated rings. The Morgan fingerprint density at radius 3 is 2.00 bits per heavy atom. The van der Waals surface area contributed by atoms with Crippen molar-refractivity contribution >= 4 is 0 Å². The lowest BCUT2D eigenvalue weighted by Crippen LogP contribution is -2.20. The minimum atomic E-state index is 0.846. The molecule has 0 bridgehead atoms. The second-order valence-electron chi connectivity index (χ2n) is 4.58. The minimum Gasteiger partial charge on any atom is -0.0619 e. The van der Waals surface area contributed by atoms with Gasteiger partial charge in [0.1, 0.15) is 0 Å². The monoisotopic (exact) mass is 174 g/mol. The standard InChI is InChI=1S/C13H18/c1-9-6-10(2)8-12(7-9)13-5-4-11(13)3/h6-8,11,13H,4-5H2,1-3H3/t11-,13+/m0/s1. The lowest BCUT2D eigenvalue weighted by molar-refractivity contribution is 0.280. The van der Waals surface area contributed by atoms with E-state index in [1.807, 2.05) is 0 Å². The first-order valence-electron chi connectivity index (χ1n) is 5.25. The summed E-state index contributed by atoms with van der Waals surface area (Å²) in [7, 11) is 0. The highest BCUT2D eigenvalue weighted by molar-refractivity contribution is 5.32. The normalized spacial score (nSPS) is 27.0. The third-order valence-electron chi connectivity index (χ3n) is 3.29. The van der Waals surface area contributed by atoms with E-state index in [1.165, 1.54) is 24.0 Å². The average molecular weight is 174 g/mol. The summed E-state index contributed by atoms with van der Waals surface area (Å²) in [5.41, 5.74) is 4.39. The van der Waals surface area contributed by atoms with Gasteiger partial charge in [-0.25, -0.2) is 0 Å². The largest absolute Gasteiger partial charge is 0.0619 e. The number of hydrogen-bond donors (Lipinski definition) is 0. The first-order chi connectivity index (χ1) is 6.16. The van der Waals surface area contributed by atoms with E-state index in [-0.39, 0.29) is 0 Å². The Morgan fingerprint density at radius 2 is 1.62 bits per heavy atom. The summed E-state index contributed by atoms with van der Waals surface area (Å²) in [5.74, 6) is 1.75. The third-order valence-corrected chi connectivity index (χ3v) is 3.29. The quantitative estimate of drug-likeness (QED) is 0.607. The molecule has 0 amide bonds. The smallest absolute Gasteiger partial charge is 0.0136 e. The van der Waals surface area contributed by atoms with E-state index in [0.717, 1.165) is 11.8 Å². The summed E-state index contributed by atoms with van der Waals surface area (Å²) < 4.78 is 0. The van der Waals surface area contributed by atoms with Gasteiger partial charge in [-0.15, -0.1) is 0 Å². The van der Waals surface area contributed by atoms with Gasteiger partial charge in [-0.1, -0.05) is 36.2 Å². The zero-order valence-corrected chi connectivity index (χ0v) is 8.80. The summed E-state index contributed by atoms with van der Waals surface area (Å²) in [6.45, 7) is 6.76. The molecule has 1 aliphatic carbocycles. The molecule has 1 aromatic carbocycles. The molecule has 1 aliphatic rings. The number of aryl methyl sites for hydroxylation is 2. The van der Waals surface area contributed by atoms with Gasteiger partial charge < -0.3 is 0 Å². The maximum Gasteiger partial charge on any atom is -0.0136 e. The molecule has 0 aliphatic heterocycles. The van der Waals surface area contributed by atoms with Crippen LogP contribution in [0.4, 0.5) is 0 Å². The van der Waals surface area contributed by atoms with E-state index in [1.54, 1.807) is 5.56 Å². The van der Waals surface area contributed by atoms with Gasteiger partial charge in [0.25, 0.3) is 0 Å². The fraction of sp³-hybridized carbons (Fsp3) is 0.538. The van der Waals surface area contributed by atoms with Crippen molar-refractivity contribution < 1.29 is 0 Å². The van der Waals surface area contributed by atoms with Crippen LogP contribution in [0, 0.1) is 19.8 Å². The maximum atomic E-state index is 2.37. The van der Waals surface area contributed by atoms with Crippen LogP contribution in [0.15, 0.2) is 18.2 Å². The van der Waals surface area contributed by atoms with Crippen molar-refractivity contribution in [3.8, 4) is 0 Å². The van der Waals surface area contributed by atoms with Crippen LogP contribution in [0.3, 0.4) is 0 Å². The lowest BCUT2D eigenvalue weighted by atomic mass is 9.71. The SMILES string of the molecule is Cc1cc(C)cc([C@@H]2CC[C@@H]2C)c1. The third kappa shape index (κ3) is 1.63. The van der Waals surface area contributed by atoms with Crippen molar-refractivity contribution in [1.29, 1.82) is 0 Å². The molecule has 1 saturated carbocycles. The van der Waals surface area contributed by atoms with Crippen LogP contribution in [-0.4, -0.2) is 0 Å². The first-order valence-corrected chi connectivity index (χ1v) is 5.25. The van der Waals surface area contributed by atoms with Gasteiger partial charge in [-0.3, -0.25) is 0 Å². The maximum absolute atomic E-state index is 2.37. The fourth-order valence-corrected chi connectivity index (χ4v) is 2.39. The molecule has 0 aromatic heterocycles. The van der Waals surface area contributed by atoms with Crippen molar-refractivity contribution in [3.05, 3.63) is 34.9 Å². The Labute approximate surface area is 81.0 Å². The predicted octanol–water partition coefficient (Wildman–Crippen LogP) is 3.82. The zero-order valence-electron chi connectivity index (χ0n) is 8.80. The average Bonchev–Trinajstić information content (AvgIpc) is 1.99. The lowest BCUT2D eigenvalue weighted by Gasteiger charge is -2.34. The Kier molecular flexibility index (Phi) is 2.15. The van der Waals surface area contributed by atoms with E-state index >= 15 is 0 Å². The predicted molar refractivity (Wildman–Crippen MR) is 57.1 cm³/mol. The highest BCUT2D eigenvalue weighted by Crippen LogP contribution is 2.42. The van der Waals surface area contributed by atoms with Crippen LogP contribution in [0.1, 0.15) is 42.4 Å². The van der Waals surface area contributed by atoms with Crippen LogP contribution in [-0.2, 0) is 0 Å². The Morgan fingerprint density at radius 1 is 1.00 bits per heavy atom. The van der Waals surface area contributed by atoms with Crippen molar-refractivity contribution in [1.82, 2.24) is 0 Å². The van der Waals surface area contributed by atoms with Gasteiger partial charge in [-0.05, 0) is 44.1 Å². The fourth-order valence-electron chi connectivity index (χ4n) is 2.39. The molecule has 0 radical (unpaired) electrons. The van der Waals surface area contributed by atoms with Crippen molar-refractivity contribution in [2.24, 2.45) is 5.92 Å². The van der Waals surface area contributed by atoms with Gasteiger partial charge in [0, 0.05) is 0 Å². The van der Waals surface area contributed by atoms with Crippen LogP contribution < -0.4 is 0 Å². The van der Waals surface area contributed by atoms with Gasteiger partial charge in [0.05, 0.1) is 0 Å². The van der Waals surface area contributed by atoms with Crippen LogP contribution in [0.5, 0.6) is 0 Å². The summed E-state index contributed by atoms with van der Waals surface area (Å²) >= 11 is 0. The van der Waals surface area contributed by atoms with Gasteiger partial charge >= 0.3 is 0 Å². The number of hydrogen-bond acceptors (Lipinski definition) is 0. The van der Waals surface area contributed by atoms with Crippen molar-refractivity contribution in [3.63, 3.8) is 0 Å². The second-order valence-corrected chi connectivity index (χ2v) is 4.58. The number of rotatable bonds is 1. The highest BCUT2D eigenvalue weighted by Gasteiger charge is 2.27. The zero-order chi connectivity index (χ0) is 9.42. The minimum absolute atomic E-state index is 0.846. The molecule has 0 spiro atoms. The van der Waals surface area contributed by atoms with E-state index in [2.05, 4.69) is 39.0 Å².